The maximum atomic E-state index is 11.4. The molecule has 0 aliphatic rings. The molecule has 0 heterocycles. The number of nitrogens with one attached hydrogen (secondary N) is 1. The number of carboxylic acid groups (broad SMARTS) is 1. The number of aliphatic carboxylic acids is 1. The second-order valence-electron chi connectivity index (χ2n) is 3.65. The molecule has 94 valence electrons. The van der Waals surface area contributed by atoms with Crippen LogP contribution in [0.2, 0.25) is 0 Å². The van der Waals surface area contributed by atoms with E-state index in [1.807, 2.05) is 6.07 Å². The molecule has 0 saturated heterocycles. The van der Waals surface area contributed by atoms with Gasteiger partial charge in [0.05, 0.1) is 6.10 Å². The highest BCUT2D eigenvalue weighted by atomic mass is 16.4. The second-order valence-corrected chi connectivity index (χ2v) is 3.65. The van der Waals surface area contributed by atoms with E-state index in [1.165, 1.54) is 6.92 Å². The van der Waals surface area contributed by atoms with Gasteiger partial charge in [0.1, 0.15) is 0 Å². The number of rotatable bonds is 3. The molecule has 0 aliphatic heterocycles. The van der Waals surface area contributed by atoms with Gasteiger partial charge >= 0.3 is 5.97 Å². The van der Waals surface area contributed by atoms with Crippen molar-refractivity contribution >= 4 is 11.9 Å². The number of hydrogen-bond donors (Lipinski definition) is 3. The molecule has 2 atom stereocenters. The minimum atomic E-state index is -1.36. The Hall–Kier alpha value is -2.32. The lowest BCUT2D eigenvalue weighted by atomic mass is 10.2. The molecule has 0 radical (unpaired) electrons. The molecule has 1 aromatic rings. The third-order valence-electron chi connectivity index (χ3n) is 2.13. The van der Waals surface area contributed by atoms with Gasteiger partial charge < -0.3 is 15.5 Å². The smallest absolute Gasteiger partial charge is 0.328 e. The molecule has 18 heavy (non-hydrogen) atoms. The van der Waals surface area contributed by atoms with E-state index in [1.54, 1.807) is 24.3 Å². The Morgan fingerprint density at radius 3 is 2.39 bits per heavy atom. The van der Waals surface area contributed by atoms with Crippen LogP contribution in [-0.2, 0) is 9.59 Å². The van der Waals surface area contributed by atoms with Crippen molar-refractivity contribution in [3.63, 3.8) is 0 Å². The lowest BCUT2D eigenvalue weighted by molar-refractivity contribution is -0.144. The van der Waals surface area contributed by atoms with Crippen LogP contribution in [-0.4, -0.2) is 34.2 Å². The highest BCUT2D eigenvalue weighted by molar-refractivity contribution is 5.96. The zero-order valence-corrected chi connectivity index (χ0v) is 9.75. The fraction of sp³-hybridized carbons (Fsp3) is 0.231. The summed E-state index contributed by atoms with van der Waals surface area (Å²) in [4.78, 5) is 22.1. The monoisotopic (exact) mass is 247 g/mol. The van der Waals surface area contributed by atoms with Crippen molar-refractivity contribution < 1.29 is 19.8 Å². The Kier molecular flexibility index (Phi) is 4.90. The number of carboxylic acids is 1. The Morgan fingerprint density at radius 1 is 1.28 bits per heavy atom. The molecule has 1 aromatic carbocycles. The number of amides is 1. The quantitative estimate of drug-likeness (QED) is 0.656. The maximum Gasteiger partial charge on any atom is 0.328 e. The van der Waals surface area contributed by atoms with Crippen LogP contribution in [0.5, 0.6) is 0 Å². The van der Waals surface area contributed by atoms with Crippen molar-refractivity contribution in [2.75, 3.05) is 0 Å². The summed E-state index contributed by atoms with van der Waals surface area (Å²) in [5.41, 5.74) is 0.650. The van der Waals surface area contributed by atoms with Crippen molar-refractivity contribution in [1.29, 1.82) is 0 Å². The van der Waals surface area contributed by atoms with E-state index < -0.39 is 24.0 Å². The first kappa shape index (κ1) is 13.7. The largest absolute Gasteiger partial charge is 0.480 e. The third-order valence-corrected chi connectivity index (χ3v) is 2.13. The van der Waals surface area contributed by atoms with Crippen molar-refractivity contribution in [3.8, 4) is 11.8 Å². The summed E-state index contributed by atoms with van der Waals surface area (Å²) in [7, 11) is 0. The van der Waals surface area contributed by atoms with E-state index in [0.717, 1.165) is 0 Å². The van der Waals surface area contributed by atoms with Crippen molar-refractivity contribution in [3.05, 3.63) is 35.9 Å². The lowest BCUT2D eigenvalue weighted by Crippen LogP contribution is -2.47. The first-order valence-corrected chi connectivity index (χ1v) is 5.29. The molecule has 0 bridgehead atoms. The van der Waals surface area contributed by atoms with Gasteiger partial charge in [0.2, 0.25) is 0 Å². The molecule has 1 rings (SSSR count). The number of carbonyl (C=O) groups is 2. The Balaban J connectivity index is 2.67. The summed E-state index contributed by atoms with van der Waals surface area (Å²) in [5.74, 6) is 2.81. The van der Waals surface area contributed by atoms with Crippen LogP contribution in [0.15, 0.2) is 30.3 Å². The summed E-state index contributed by atoms with van der Waals surface area (Å²) in [6.45, 7) is 1.28. The fourth-order valence-electron chi connectivity index (χ4n) is 1.22. The van der Waals surface area contributed by atoms with Gasteiger partial charge in [-0.05, 0) is 19.1 Å². The van der Waals surface area contributed by atoms with Gasteiger partial charge in [-0.1, -0.05) is 24.1 Å². The molecule has 0 saturated carbocycles. The Morgan fingerprint density at radius 2 is 1.89 bits per heavy atom. The molecule has 5 nitrogen and oxygen atoms in total. The number of hydrogen-bond acceptors (Lipinski definition) is 3. The second kappa shape index (κ2) is 6.42. The first-order valence-electron chi connectivity index (χ1n) is 5.29. The predicted molar refractivity (Wildman–Crippen MR) is 64.6 cm³/mol. The minimum Gasteiger partial charge on any atom is -0.480 e. The van der Waals surface area contributed by atoms with E-state index >= 15 is 0 Å². The van der Waals surface area contributed by atoms with Crippen molar-refractivity contribution in [2.45, 2.75) is 19.1 Å². The molecule has 0 fully saturated rings. The van der Waals surface area contributed by atoms with E-state index in [-0.39, 0.29) is 0 Å². The van der Waals surface area contributed by atoms with E-state index in [0.29, 0.717) is 5.56 Å². The van der Waals surface area contributed by atoms with Gasteiger partial charge in [-0.3, -0.25) is 4.79 Å². The molecular formula is C13H13NO4. The molecule has 0 aliphatic carbocycles. The van der Waals surface area contributed by atoms with E-state index in [9.17, 15) is 14.7 Å². The zero-order valence-electron chi connectivity index (χ0n) is 9.75. The highest BCUT2D eigenvalue weighted by Gasteiger charge is 2.24. The third kappa shape index (κ3) is 4.28. The maximum absolute atomic E-state index is 11.4. The summed E-state index contributed by atoms with van der Waals surface area (Å²) in [5, 5.41) is 20.1. The van der Waals surface area contributed by atoms with Crippen LogP contribution in [0.1, 0.15) is 12.5 Å². The average Bonchev–Trinajstić information content (AvgIpc) is 2.34. The molecule has 5 heteroatoms. The predicted octanol–water partition coefficient (Wildman–Crippen LogP) is -0.0117. The van der Waals surface area contributed by atoms with Crippen LogP contribution in [0.4, 0.5) is 0 Å². The van der Waals surface area contributed by atoms with Crippen LogP contribution in [0.25, 0.3) is 0 Å². The van der Waals surface area contributed by atoms with Crippen LogP contribution < -0.4 is 5.32 Å². The van der Waals surface area contributed by atoms with Gasteiger partial charge in [-0.25, -0.2) is 4.79 Å². The standard InChI is InChI=1S/C13H13NO4/c1-9(15)12(13(17)18)14-11(16)8-7-10-5-3-2-4-6-10/h2-6,9,12,15H,1H3,(H,14,16)(H,17,18). The lowest BCUT2D eigenvalue weighted by Gasteiger charge is -2.14. The topological polar surface area (TPSA) is 86.6 Å². The van der Waals surface area contributed by atoms with Gasteiger partial charge in [0.25, 0.3) is 5.91 Å². The van der Waals surface area contributed by atoms with Gasteiger partial charge in [0.15, 0.2) is 6.04 Å². The molecular weight excluding hydrogens is 234 g/mol. The van der Waals surface area contributed by atoms with Crippen LogP contribution >= 0.6 is 0 Å². The summed E-state index contributed by atoms with van der Waals surface area (Å²) in [6.07, 6.45) is -1.19. The summed E-state index contributed by atoms with van der Waals surface area (Å²) >= 11 is 0. The Bertz CT molecular complexity index is 485. The van der Waals surface area contributed by atoms with Crippen molar-refractivity contribution in [1.82, 2.24) is 5.32 Å². The molecule has 2 unspecified atom stereocenters. The van der Waals surface area contributed by atoms with Gasteiger partial charge in [-0.15, -0.1) is 0 Å². The first-order chi connectivity index (χ1) is 8.50. The Labute approximate surface area is 104 Å². The molecule has 3 N–H and O–H groups in total. The molecule has 0 aromatic heterocycles. The molecule has 1 amide bonds. The SMILES string of the molecule is CC(O)C(NC(=O)C#Cc1ccccc1)C(=O)O. The minimum absolute atomic E-state index is 0.650. The number of aliphatic hydroxyl groups is 1. The van der Waals surface area contributed by atoms with Gasteiger partial charge in [-0.2, -0.15) is 0 Å². The average molecular weight is 247 g/mol. The van der Waals surface area contributed by atoms with Gasteiger partial charge in [0, 0.05) is 11.5 Å². The summed E-state index contributed by atoms with van der Waals surface area (Å²) < 4.78 is 0. The fourth-order valence-corrected chi connectivity index (χ4v) is 1.22. The molecule has 0 spiro atoms. The van der Waals surface area contributed by atoms with Crippen LogP contribution in [0, 0.1) is 11.8 Å². The number of carbonyl (C=O) groups excluding carboxylic acids is 1. The van der Waals surface area contributed by atoms with E-state index in [4.69, 9.17) is 5.11 Å². The van der Waals surface area contributed by atoms with E-state index in [2.05, 4.69) is 17.2 Å². The van der Waals surface area contributed by atoms with Crippen LogP contribution in [0.3, 0.4) is 0 Å². The number of aliphatic hydroxyl groups excluding tert-OH is 1. The summed E-state index contributed by atoms with van der Waals surface area (Å²) in [6, 6.07) is 7.46. The van der Waals surface area contributed by atoms with Crippen molar-refractivity contribution in [2.24, 2.45) is 0 Å². The highest BCUT2D eigenvalue weighted by Crippen LogP contribution is 1.95. The normalized spacial score (nSPS) is 12.8. The number of benzene rings is 1. The zero-order chi connectivity index (χ0) is 13.5.